The van der Waals surface area contributed by atoms with Crippen LogP contribution in [0.4, 0.5) is 14.5 Å². The van der Waals surface area contributed by atoms with Gasteiger partial charge in [-0.05, 0) is 6.07 Å². The predicted octanol–water partition coefficient (Wildman–Crippen LogP) is 2.00. The maximum atomic E-state index is 13.7. The molecule has 0 amide bonds. The number of hydrogen-bond donors (Lipinski definition) is 1. The van der Waals surface area contributed by atoms with Gasteiger partial charge in [-0.15, -0.1) is 0 Å². The quantitative estimate of drug-likeness (QED) is 0.724. The van der Waals surface area contributed by atoms with Crippen molar-refractivity contribution in [1.29, 1.82) is 0 Å². The summed E-state index contributed by atoms with van der Waals surface area (Å²) in [6.45, 7) is 0. The molecule has 2 aromatic heterocycles. The lowest BCUT2D eigenvalue weighted by molar-refractivity contribution is 0.429. The number of nitrogen functional groups attached to an aromatic ring is 1. The molecule has 0 aliphatic heterocycles. The topological polar surface area (TPSA) is 82.8 Å². The first kappa shape index (κ1) is 12.3. The van der Waals surface area contributed by atoms with Crippen molar-refractivity contribution in [3.63, 3.8) is 0 Å². The maximum absolute atomic E-state index is 13.7. The van der Waals surface area contributed by atoms with Crippen LogP contribution in [0, 0.1) is 11.6 Å². The summed E-state index contributed by atoms with van der Waals surface area (Å²) in [6.07, 6.45) is 3.12. The van der Waals surface area contributed by atoms with Crippen molar-refractivity contribution < 1.29 is 13.3 Å². The molecule has 0 saturated carbocycles. The summed E-state index contributed by atoms with van der Waals surface area (Å²) in [7, 11) is 1.76. The normalized spacial score (nSPS) is 10.9. The van der Waals surface area contributed by atoms with Gasteiger partial charge in [-0.3, -0.25) is 0 Å². The van der Waals surface area contributed by atoms with Gasteiger partial charge in [0, 0.05) is 13.1 Å². The first-order chi connectivity index (χ1) is 9.56. The highest BCUT2D eigenvalue weighted by Gasteiger charge is 2.17. The van der Waals surface area contributed by atoms with E-state index < -0.39 is 11.6 Å². The minimum absolute atomic E-state index is 0.0511. The summed E-state index contributed by atoms with van der Waals surface area (Å²) in [5.41, 5.74) is 5.77. The lowest BCUT2D eigenvalue weighted by Gasteiger charge is -2.00. The van der Waals surface area contributed by atoms with E-state index in [1.807, 2.05) is 0 Å². The van der Waals surface area contributed by atoms with Gasteiger partial charge < -0.3 is 14.8 Å². The van der Waals surface area contributed by atoms with Crippen molar-refractivity contribution >= 4 is 5.69 Å². The molecule has 0 saturated heterocycles. The van der Waals surface area contributed by atoms with E-state index in [0.717, 1.165) is 6.07 Å². The zero-order chi connectivity index (χ0) is 14.3. The van der Waals surface area contributed by atoms with Crippen LogP contribution in [0.5, 0.6) is 0 Å². The largest absolute Gasteiger partial charge is 0.396 e. The van der Waals surface area contributed by atoms with Gasteiger partial charge in [0.25, 0.3) is 5.89 Å². The molecule has 3 rings (SSSR count). The van der Waals surface area contributed by atoms with Gasteiger partial charge in [0.05, 0.1) is 23.8 Å². The molecule has 0 radical (unpaired) electrons. The standard InChI is InChI=1S/C12H9F2N5O/c1-19-5-16-4-10(19)11-17-12(20-18-11)6-2-9(15)8(14)3-7(6)13/h2-5H,15H2,1H3. The van der Waals surface area contributed by atoms with Crippen LogP contribution in [0.1, 0.15) is 0 Å². The molecule has 1 aromatic carbocycles. The first-order valence-corrected chi connectivity index (χ1v) is 5.61. The third-order valence-electron chi connectivity index (χ3n) is 2.79. The van der Waals surface area contributed by atoms with E-state index in [2.05, 4.69) is 15.1 Å². The molecule has 102 valence electrons. The summed E-state index contributed by atoms with van der Waals surface area (Å²) >= 11 is 0. The Morgan fingerprint density at radius 1 is 1.25 bits per heavy atom. The summed E-state index contributed by atoms with van der Waals surface area (Å²) < 4.78 is 33.5. The average Bonchev–Trinajstić information content (AvgIpc) is 3.02. The zero-order valence-corrected chi connectivity index (χ0v) is 10.3. The molecule has 0 spiro atoms. The van der Waals surface area contributed by atoms with Crippen molar-refractivity contribution in [3.05, 3.63) is 36.3 Å². The lowest BCUT2D eigenvalue weighted by atomic mass is 10.2. The van der Waals surface area contributed by atoms with Gasteiger partial charge in [-0.1, -0.05) is 5.16 Å². The predicted molar refractivity (Wildman–Crippen MR) is 66.3 cm³/mol. The molecule has 2 N–H and O–H groups in total. The summed E-state index contributed by atoms with van der Waals surface area (Å²) in [6, 6.07) is 1.80. The number of anilines is 1. The third kappa shape index (κ3) is 1.91. The minimum atomic E-state index is -0.836. The molecular formula is C12H9F2N5O. The molecule has 0 aliphatic rings. The highest BCUT2D eigenvalue weighted by molar-refractivity contribution is 5.62. The molecule has 3 aromatic rings. The number of aromatic nitrogens is 4. The molecule has 0 bridgehead atoms. The Balaban J connectivity index is 2.07. The van der Waals surface area contributed by atoms with Gasteiger partial charge in [-0.2, -0.15) is 4.98 Å². The van der Waals surface area contributed by atoms with Crippen LogP contribution < -0.4 is 5.73 Å². The van der Waals surface area contributed by atoms with Gasteiger partial charge >= 0.3 is 0 Å². The van der Waals surface area contributed by atoms with Gasteiger partial charge in [0.2, 0.25) is 5.82 Å². The van der Waals surface area contributed by atoms with Crippen molar-refractivity contribution in [1.82, 2.24) is 19.7 Å². The molecule has 0 fully saturated rings. The van der Waals surface area contributed by atoms with E-state index in [-0.39, 0.29) is 23.0 Å². The van der Waals surface area contributed by atoms with Crippen molar-refractivity contribution in [2.24, 2.45) is 7.05 Å². The number of benzene rings is 1. The van der Waals surface area contributed by atoms with Crippen LogP contribution in [-0.2, 0) is 7.05 Å². The molecule has 2 heterocycles. The Kier molecular flexibility index (Phi) is 2.70. The monoisotopic (exact) mass is 277 g/mol. The van der Waals surface area contributed by atoms with Crippen molar-refractivity contribution in [2.75, 3.05) is 5.73 Å². The molecule has 8 heteroatoms. The molecule has 6 nitrogen and oxygen atoms in total. The highest BCUT2D eigenvalue weighted by atomic mass is 19.1. The maximum Gasteiger partial charge on any atom is 0.261 e. The van der Waals surface area contributed by atoms with E-state index in [1.165, 1.54) is 0 Å². The summed E-state index contributed by atoms with van der Waals surface area (Å²) in [5, 5.41) is 3.74. The number of imidazole rings is 1. The number of aryl methyl sites for hydroxylation is 1. The second-order valence-corrected chi connectivity index (χ2v) is 4.17. The van der Waals surface area contributed by atoms with Crippen LogP contribution in [0.15, 0.2) is 29.2 Å². The molecular weight excluding hydrogens is 268 g/mol. The van der Waals surface area contributed by atoms with Gasteiger partial charge in [0.1, 0.15) is 17.3 Å². The van der Waals surface area contributed by atoms with E-state index in [1.54, 1.807) is 24.1 Å². The lowest BCUT2D eigenvalue weighted by Crippen LogP contribution is -1.95. The van der Waals surface area contributed by atoms with E-state index in [0.29, 0.717) is 11.8 Å². The zero-order valence-electron chi connectivity index (χ0n) is 10.3. The fourth-order valence-corrected chi connectivity index (χ4v) is 1.74. The molecule has 0 atom stereocenters. The van der Waals surface area contributed by atoms with Crippen LogP contribution in [0.25, 0.3) is 23.0 Å². The number of nitrogens with two attached hydrogens (primary N) is 1. The second-order valence-electron chi connectivity index (χ2n) is 4.17. The van der Waals surface area contributed by atoms with E-state index in [4.69, 9.17) is 10.3 Å². The van der Waals surface area contributed by atoms with E-state index >= 15 is 0 Å². The Morgan fingerprint density at radius 2 is 2.05 bits per heavy atom. The Morgan fingerprint density at radius 3 is 2.75 bits per heavy atom. The Hall–Kier alpha value is -2.77. The van der Waals surface area contributed by atoms with Crippen LogP contribution in [-0.4, -0.2) is 19.7 Å². The average molecular weight is 277 g/mol. The van der Waals surface area contributed by atoms with Crippen molar-refractivity contribution in [3.8, 4) is 23.0 Å². The summed E-state index contributed by atoms with van der Waals surface area (Å²) in [5.74, 6) is -1.48. The highest BCUT2D eigenvalue weighted by Crippen LogP contribution is 2.27. The van der Waals surface area contributed by atoms with Gasteiger partial charge in [0.15, 0.2) is 0 Å². The smallest absolute Gasteiger partial charge is 0.261 e. The Bertz CT molecular complexity index is 780. The third-order valence-corrected chi connectivity index (χ3v) is 2.79. The van der Waals surface area contributed by atoms with Gasteiger partial charge in [-0.25, -0.2) is 13.8 Å². The Labute approximate surface area is 111 Å². The number of nitrogens with zero attached hydrogens (tertiary/aromatic N) is 4. The van der Waals surface area contributed by atoms with Crippen LogP contribution >= 0.6 is 0 Å². The first-order valence-electron chi connectivity index (χ1n) is 5.61. The van der Waals surface area contributed by atoms with Crippen LogP contribution in [0.3, 0.4) is 0 Å². The number of rotatable bonds is 2. The molecule has 0 unspecified atom stereocenters. The number of hydrogen-bond acceptors (Lipinski definition) is 5. The number of halogens is 2. The van der Waals surface area contributed by atoms with E-state index in [9.17, 15) is 8.78 Å². The molecule has 20 heavy (non-hydrogen) atoms. The fraction of sp³-hybridized carbons (Fsp3) is 0.0833. The summed E-state index contributed by atoms with van der Waals surface area (Å²) in [4.78, 5) is 7.98. The SMILES string of the molecule is Cn1cncc1-c1noc(-c2cc(N)c(F)cc2F)n1. The van der Waals surface area contributed by atoms with Crippen molar-refractivity contribution in [2.45, 2.75) is 0 Å². The fourth-order valence-electron chi connectivity index (χ4n) is 1.74. The second kappa shape index (κ2) is 4.41. The van der Waals surface area contributed by atoms with Crippen LogP contribution in [0.2, 0.25) is 0 Å². The minimum Gasteiger partial charge on any atom is -0.396 e. The molecule has 0 aliphatic carbocycles.